The Hall–Kier alpha value is -1.82. The lowest BCUT2D eigenvalue weighted by Gasteiger charge is -2.12. The number of amides is 1. The Morgan fingerprint density at radius 2 is 2.06 bits per heavy atom. The lowest BCUT2D eigenvalue weighted by atomic mass is 10.3. The summed E-state index contributed by atoms with van der Waals surface area (Å²) in [6, 6.07) is 1.37. The van der Waals surface area contributed by atoms with Crippen molar-refractivity contribution in [2.75, 3.05) is 12.2 Å². The second kappa shape index (κ2) is 6.62. The van der Waals surface area contributed by atoms with Crippen LogP contribution in [0.15, 0.2) is 17.1 Å². The maximum Gasteiger partial charge on any atom is 0.438 e. The molecule has 6 heteroatoms. The first-order valence-corrected chi connectivity index (χ1v) is 4.82. The fraction of sp³-hybridized carbons (Fsp3) is 0.400. The Morgan fingerprint density at radius 1 is 1.50 bits per heavy atom. The average molecular weight is 228 g/mol. The van der Waals surface area contributed by atoms with Gasteiger partial charge in [0.05, 0.1) is 12.8 Å². The maximum atomic E-state index is 11.0. The van der Waals surface area contributed by atoms with Gasteiger partial charge in [0.25, 0.3) is 5.56 Å². The van der Waals surface area contributed by atoms with Gasteiger partial charge in [0.1, 0.15) is 0 Å². The third-order valence-corrected chi connectivity index (χ3v) is 1.67. The largest absolute Gasteiger partial charge is 0.451 e. The molecule has 0 aliphatic rings. The molecule has 16 heavy (non-hydrogen) atoms. The highest BCUT2D eigenvalue weighted by molar-refractivity contribution is 5.84. The molecule has 0 spiro atoms. The number of carbonyl (C=O) groups is 1. The normalized spacial score (nSPS) is 8.81. The Bertz CT molecular complexity index is 400. The van der Waals surface area contributed by atoms with E-state index < -0.39 is 6.09 Å². The second-order valence-corrected chi connectivity index (χ2v) is 2.65. The summed E-state index contributed by atoms with van der Waals surface area (Å²) in [7, 11) is 1.14. The Labute approximate surface area is 93.4 Å². The monoisotopic (exact) mass is 228 g/mol. The fourth-order valence-corrected chi connectivity index (χ4v) is 0.897. The number of aryl methyl sites for hydroxylation is 1. The number of anilines is 1. The summed E-state index contributed by atoms with van der Waals surface area (Å²) in [5, 5.41) is 9.55. The van der Waals surface area contributed by atoms with Crippen LogP contribution in [-0.4, -0.2) is 23.4 Å². The molecule has 0 aliphatic heterocycles. The molecule has 0 aliphatic carbocycles. The van der Waals surface area contributed by atoms with Gasteiger partial charge in [-0.3, -0.25) is 10.0 Å². The Morgan fingerprint density at radius 3 is 2.50 bits per heavy atom. The highest BCUT2D eigenvalue weighted by atomic mass is 16.6. The fourth-order valence-electron chi connectivity index (χ4n) is 0.897. The summed E-state index contributed by atoms with van der Waals surface area (Å²) in [5.74, 6) is 0. The molecule has 1 amide bonds. The highest BCUT2D eigenvalue weighted by Crippen LogP contribution is 2.10. The van der Waals surface area contributed by atoms with Crippen molar-refractivity contribution in [1.82, 2.24) is 4.98 Å². The first kappa shape index (κ1) is 14.2. The molecule has 0 saturated carbocycles. The van der Waals surface area contributed by atoms with Crippen molar-refractivity contribution in [3.63, 3.8) is 0 Å². The molecule has 0 aromatic carbocycles. The van der Waals surface area contributed by atoms with Crippen LogP contribution in [0, 0.1) is 6.92 Å². The van der Waals surface area contributed by atoms with Crippen LogP contribution in [0.1, 0.15) is 19.4 Å². The number of nitrogens with one attached hydrogen (secondary N) is 1. The van der Waals surface area contributed by atoms with Crippen LogP contribution in [0.25, 0.3) is 0 Å². The molecule has 1 rings (SSSR count). The SMILES string of the molecule is CC.COC(=O)N(O)c1c[nH]c(=O)c(C)c1. The summed E-state index contributed by atoms with van der Waals surface area (Å²) in [6.45, 7) is 5.56. The highest BCUT2D eigenvalue weighted by Gasteiger charge is 2.13. The van der Waals surface area contributed by atoms with Crippen molar-refractivity contribution in [2.45, 2.75) is 20.8 Å². The number of nitrogens with zero attached hydrogens (tertiary/aromatic N) is 1. The number of rotatable bonds is 1. The lowest BCUT2D eigenvalue weighted by molar-refractivity contribution is 0.141. The molecule has 0 fully saturated rings. The number of hydrogen-bond donors (Lipinski definition) is 2. The zero-order chi connectivity index (χ0) is 12.7. The number of aromatic nitrogens is 1. The van der Waals surface area contributed by atoms with Gasteiger partial charge in [-0.05, 0) is 13.0 Å². The number of ether oxygens (including phenoxy) is 1. The van der Waals surface area contributed by atoms with Gasteiger partial charge >= 0.3 is 6.09 Å². The number of methoxy groups -OCH3 is 1. The van der Waals surface area contributed by atoms with Crippen molar-refractivity contribution in [1.29, 1.82) is 0 Å². The predicted octanol–water partition coefficient (Wildman–Crippen LogP) is 1.67. The van der Waals surface area contributed by atoms with Gasteiger partial charge < -0.3 is 9.72 Å². The molecule has 0 saturated heterocycles. The minimum Gasteiger partial charge on any atom is -0.451 e. The van der Waals surface area contributed by atoms with Crippen molar-refractivity contribution < 1.29 is 14.7 Å². The van der Waals surface area contributed by atoms with E-state index in [1.807, 2.05) is 13.8 Å². The van der Waals surface area contributed by atoms with Crippen molar-refractivity contribution >= 4 is 11.8 Å². The zero-order valence-electron chi connectivity index (χ0n) is 9.77. The molecular formula is C10H16N2O4. The van der Waals surface area contributed by atoms with Gasteiger partial charge in [0.2, 0.25) is 0 Å². The van der Waals surface area contributed by atoms with E-state index in [1.54, 1.807) is 6.92 Å². The predicted molar refractivity (Wildman–Crippen MR) is 59.8 cm³/mol. The quantitative estimate of drug-likeness (QED) is 0.565. The summed E-state index contributed by atoms with van der Waals surface area (Å²) in [4.78, 5) is 24.2. The third kappa shape index (κ3) is 3.39. The lowest BCUT2D eigenvalue weighted by Crippen LogP contribution is -2.27. The minimum absolute atomic E-state index is 0.147. The molecule has 0 radical (unpaired) electrons. The Balaban J connectivity index is 0.00000106. The van der Waals surface area contributed by atoms with Crippen molar-refractivity contribution in [3.05, 3.63) is 28.2 Å². The van der Waals surface area contributed by atoms with Crippen LogP contribution in [0.5, 0.6) is 0 Å². The van der Waals surface area contributed by atoms with E-state index in [9.17, 15) is 14.8 Å². The van der Waals surface area contributed by atoms with Crippen LogP contribution in [-0.2, 0) is 4.74 Å². The number of carbonyl (C=O) groups excluding carboxylic acids is 1. The molecule has 0 unspecified atom stereocenters. The van der Waals surface area contributed by atoms with E-state index in [1.165, 1.54) is 12.3 Å². The van der Waals surface area contributed by atoms with Gasteiger partial charge in [0, 0.05) is 11.8 Å². The smallest absolute Gasteiger partial charge is 0.438 e. The van der Waals surface area contributed by atoms with Gasteiger partial charge in [-0.2, -0.15) is 5.06 Å². The van der Waals surface area contributed by atoms with E-state index in [-0.39, 0.29) is 11.2 Å². The summed E-state index contributed by atoms with van der Waals surface area (Å²) in [6.07, 6.45) is 0.295. The third-order valence-electron chi connectivity index (χ3n) is 1.67. The summed E-state index contributed by atoms with van der Waals surface area (Å²) < 4.78 is 4.28. The molecule has 1 aromatic rings. The first-order chi connectivity index (χ1) is 7.56. The summed E-state index contributed by atoms with van der Waals surface area (Å²) in [5.41, 5.74) is 0.270. The Kier molecular flexibility index (Phi) is 5.87. The number of pyridine rings is 1. The van der Waals surface area contributed by atoms with Crippen LogP contribution in [0.2, 0.25) is 0 Å². The number of hydroxylamine groups is 1. The molecule has 1 aromatic heterocycles. The first-order valence-electron chi connectivity index (χ1n) is 4.82. The van der Waals surface area contributed by atoms with Crippen molar-refractivity contribution in [3.8, 4) is 0 Å². The van der Waals surface area contributed by atoms with Gasteiger partial charge in [-0.25, -0.2) is 4.79 Å². The van der Waals surface area contributed by atoms with E-state index in [0.29, 0.717) is 10.6 Å². The second-order valence-electron chi connectivity index (χ2n) is 2.65. The topological polar surface area (TPSA) is 82.6 Å². The molecule has 90 valence electrons. The maximum absolute atomic E-state index is 11.0. The van der Waals surface area contributed by atoms with Crippen LogP contribution in [0.3, 0.4) is 0 Å². The van der Waals surface area contributed by atoms with Gasteiger partial charge in [-0.15, -0.1) is 0 Å². The zero-order valence-corrected chi connectivity index (χ0v) is 9.77. The molecule has 0 bridgehead atoms. The van der Waals surface area contributed by atoms with Gasteiger partial charge in [-0.1, -0.05) is 13.8 Å². The van der Waals surface area contributed by atoms with E-state index >= 15 is 0 Å². The van der Waals surface area contributed by atoms with Crippen LogP contribution in [0.4, 0.5) is 10.5 Å². The van der Waals surface area contributed by atoms with Crippen LogP contribution >= 0.6 is 0 Å². The number of hydrogen-bond acceptors (Lipinski definition) is 4. The molecule has 0 atom stereocenters. The van der Waals surface area contributed by atoms with E-state index in [0.717, 1.165) is 7.11 Å². The van der Waals surface area contributed by atoms with Crippen LogP contribution < -0.4 is 10.6 Å². The van der Waals surface area contributed by atoms with Crippen molar-refractivity contribution in [2.24, 2.45) is 0 Å². The minimum atomic E-state index is -0.920. The summed E-state index contributed by atoms with van der Waals surface area (Å²) >= 11 is 0. The van der Waals surface area contributed by atoms with E-state index in [2.05, 4.69) is 9.72 Å². The standard InChI is InChI=1S/C8H10N2O4.C2H6/c1-5-3-6(4-9-7(5)11)10(13)8(12)14-2;1-2/h3-4,13H,1-2H3,(H,9,11);1-2H3. The molecule has 2 N–H and O–H groups in total. The molecule has 1 heterocycles. The molecular weight excluding hydrogens is 212 g/mol. The van der Waals surface area contributed by atoms with Gasteiger partial charge in [0.15, 0.2) is 0 Å². The average Bonchev–Trinajstić information content (AvgIpc) is 2.33. The van der Waals surface area contributed by atoms with E-state index in [4.69, 9.17) is 0 Å². The number of aromatic amines is 1. The number of H-pyrrole nitrogens is 1. The molecule has 6 nitrogen and oxygen atoms in total.